The number of hydrogen-bond acceptors (Lipinski definition) is 1. The lowest BCUT2D eigenvalue weighted by molar-refractivity contribution is 0.453. The maximum atomic E-state index is 13.6. The Morgan fingerprint density at radius 1 is 1.33 bits per heavy atom. The van der Waals surface area contributed by atoms with Crippen molar-refractivity contribution in [2.75, 3.05) is 0 Å². The first-order valence-corrected chi connectivity index (χ1v) is 5.70. The maximum Gasteiger partial charge on any atom is 0.146 e. The molecular weight excluding hydrogens is 236 g/mol. The van der Waals surface area contributed by atoms with Gasteiger partial charge in [0.2, 0.25) is 0 Å². The molecule has 15 heavy (non-hydrogen) atoms. The summed E-state index contributed by atoms with van der Waals surface area (Å²) >= 11 is 11.7. The Kier molecular flexibility index (Phi) is 4.35. The number of hydrogen-bond donors (Lipinski definition) is 0. The predicted molar refractivity (Wildman–Crippen MR) is 62.1 cm³/mol. The van der Waals surface area contributed by atoms with Gasteiger partial charge in [0.05, 0.1) is 10.7 Å². The second-order valence-electron chi connectivity index (χ2n) is 3.97. The van der Waals surface area contributed by atoms with Crippen molar-refractivity contribution in [1.82, 2.24) is 4.98 Å². The van der Waals surface area contributed by atoms with Gasteiger partial charge in [0.25, 0.3) is 0 Å². The zero-order chi connectivity index (χ0) is 11.6. The van der Waals surface area contributed by atoms with Gasteiger partial charge in [-0.05, 0) is 18.9 Å². The summed E-state index contributed by atoms with van der Waals surface area (Å²) in [5, 5.41) is 0.147. The Morgan fingerprint density at radius 3 is 2.33 bits per heavy atom. The van der Waals surface area contributed by atoms with Gasteiger partial charge in [-0.3, -0.25) is 4.98 Å². The van der Waals surface area contributed by atoms with Gasteiger partial charge in [-0.2, -0.15) is 0 Å². The molecule has 1 aromatic heterocycles. The monoisotopic (exact) mass is 249 g/mol. The van der Waals surface area contributed by atoms with Crippen molar-refractivity contribution in [3.05, 3.63) is 28.8 Å². The fourth-order valence-corrected chi connectivity index (χ4v) is 2.29. The van der Waals surface area contributed by atoms with Crippen molar-refractivity contribution in [3.63, 3.8) is 0 Å². The first kappa shape index (κ1) is 12.7. The van der Waals surface area contributed by atoms with Crippen molar-refractivity contribution in [1.29, 1.82) is 0 Å². The van der Waals surface area contributed by atoms with Crippen molar-refractivity contribution in [3.8, 4) is 0 Å². The van der Waals surface area contributed by atoms with Crippen molar-refractivity contribution in [2.24, 2.45) is 5.92 Å². The van der Waals surface area contributed by atoms with Gasteiger partial charge in [0.1, 0.15) is 5.82 Å². The number of halogens is 3. The molecule has 2 atom stereocenters. The van der Waals surface area contributed by atoms with Gasteiger partial charge in [0.15, 0.2) is 0 Å². The van der Waals surface area contributed by atoms with E-state index in [1.165, 1.54) is 12.3 Å². The predicted octanol–water partition coefficient (Wildman–Crippen LogP) is 4.24. The summed E-state index contributed by atoms with van der Waals surface area (Å²) in [5.41, 5.74) is 0.400. The summed E-state index contributed by atoms with van der Waals surface area (Å²) in [4.78, 5) is 4.03. The first-order chi connectivity index (χ1) is 6.93. The molecule has 0 N–H and O–H groups in total. The molecule has 0 saturated heterocycles. The van der Waals surface area contributed by atoms with Gasteiger partial charge in [0, 0.05) is 17.5 Å². The highest BCUT2D eigenvalue weighted by atomic mass is 35.5. The summed E-state index contributed by atoms with van der Waals surface area (Å²) in [6.45, 7) is 5.85. The standard InChI is InChI=1S/C11H14Cl2FN/c1-6(2)10(7(3)12)11-9(14)4-8(13)5-15-11/h4-7,10H,1-3H3. The highest BCUT2D eigenvalue weighted by Crippen LogP contribution is 2.31. The molecule has 1 aromatic rings. The lowest BCUT2D eigenvalue weighted by Gasteiger charge is -2.23. The smallest absolute Gasteiger partial charge is 0.146 e. The Labute approximate surface area is 99.6 Å². The number of alkyl halides is 1. The van der Waals surface area contributed by atoms with E-state index in [1.54, 1.807) is 0 Å². The minimum atomic E-state index is -0.381. The fourth-order valence-electron chi connectivity index (χ4n) is 1.73. The Bertz CT molecular complexity index is 331. The molecule has 0 bridgehead atoms. The summed E-state index contributed by atoms with van der Waals surface area (Å²) in [6, 6.07) is 1.28. The molecule has 0 radical (unpaired) electrons. The summed E-state index contributed by atoms with van der Waals surface area (Å²) in [6.07, 6.45) is 1.45. The van der Waals surface area contributed by atoms with Crippen LogP contribution in [0.2, 0.25) is 5.02 Å². The van der Waals surface area contributed by atoms with E-state index in [1.807, 2.05) is 20.8 Å². The van der Waals surface area contributed by atoms with Crippen LogP contribution in [0.1, 0.15) is 32.4 Å². The quantitative estimate of drug-likeness (QED) is 0.731. The molecule has 0 aliphatic rings. The molecule has 1 rings (SSSR count). The molecule has 0 fully saturated rings. The Balaban J connectivity index is 3.12. The van der Waals surface area contributed by atoms with Crippen molar-refractivity contribution < 1.29 is 4.39 Å². The van der Waals surface area contributed by atoms with Crippen molar-refractivity contribution >= 4 is 23.2 Å². The summed E-state index contributed by atoms with van der Waals surface area (Å²) in [5.74, 6) is -0.238. The SMILES string of the molecule is CC(C)C(c1ncc(Cl)cc1F)C(C)Cl. The normalized spacial score (nSPS) is 15.4. The van der Waals surface area contributed by atoms with Gasteiger partial charge >= 0.3 is 0 Å². The van der Waals surface area contributed by atoms with Gasteiger partial charge in [-0.25, -0.2) is 4.39 Å². The highest BCUT2D eigenvalue weighted by molar-refractivity contribution is 6.30. The molecule has 0 aliphatic carbocycles. The van der Waals surface area contributed by atoms with E-state index >= 15 is 0 Å². The number of nitrogens with zero attached hydrogens (tertiary/aromatic N) is 1. The third-order valence-electron chi connectivity index (χ3n) is 2.37. The van der Waals surface area contributed by atoms with Crippen LogP contribution < -0.4 is 0 Å². The van der Waals surface area contributed by atoms with Gasteiger partial charge in [-0.15, -0.1) is 11.6 Å². The lowest BCUT2D eigenvalue weighted by Crippen LogP contribution is -2.18. The number of rotatable bonds is 3. The van der Waals surface area contributed by atoms with Crippen LogP contribution in [-0.4, -0.2) is 10.4 Å². The minimum absolute atomic E-state index is 0.0936. The molecule has 0 amide bonds. The highest BCUT2D eigenvalue weighted by Gasteiger charge is 2.25. The van der Waals surface area contributed by atoms with Gasteiger partial charge in [-0.1, -0.05) is 25.4 Å². The van der Waals surface area contributed by atoms with Crippen LogP contribution in [0.15, 0.2) is 12.3 Å². The van der Waals surface area contributed by atoms with E-state index in [2.05, 4.69) is 4.98 Å². The van der Waals surface area contributed by atoms with Crippen LogP contribution >= 0.6 is 23.2 Å². The second kappa shape index (κ2) is 5.13. The second-order valence-corrected chi connectivity index (χ2v) is 5.09. The number of aromatic nitrogens is 1. The summed E-state index contributed by atoms with van der Waals surface area (Å²) in [7, 11) is 0. The topological polar surface area (TPSA) is 12.9 Å². The molecule has 1 heterocycles. The van der Waals surface area contributed by atoms with E-state index < -0.39 is 0 Å². The fraction of sp³-hybridized carbons (Fsp3) is 0.545. The van der Waals surface area contributed by atoms with E-state index in [0.717, 1.165) is 0 Å². The lowest BCUT2D eigenvalue weighted by atomic mass is 9.89. The van der Waals surface area contributed by atoms with E-state index in [4.69, 9.17) is 23.2 Å². The average molecular weight is 250 g/mol. The third kappa shape index (κ3) is 3.05. The zero-order valence-corrected chi connectivity index (χ0v) is 10.5. The molecule has 1 nitrogen and oxygen atoms in total. The molecule has 0 aromatic carbocycles. The minimum Gasteiger partial charge on any atom is -0.256 e. The molecular formula is C11H14Cl2FN. The molecule has 4 heteroatoms. The maximum absolute atomic E-state index is 13.6. The van der Waals surface area contributed by atoms with E-state index in [9.17, 15) is 4.39 Å². The molecule has 0 saturated carbocycles. The Hall–Kier alpha value is -0.340. The van der Waals surface area contributed by atoms with Crippen LogP contribution in [0.4, 0.5) is 4.39 Å². The molecule has 0 spiro atoms. The number of pyridine rings is 1. The van der Waals surface area contributed by atoms with Crippen LogP contribution in [-0.2, 0) is 0 Å². The average Bonchev–Trinajstić information content (AvgIpc) is 2.08. The third-order valence-corrected chi connectivity index (χ3v) is 2.84. The largest absolute Gasteiger partial charge is 0.256 e. The first-order valence-electron chi connectivity index (χ1n) is 4.88. The van der Waals surface area contributed by atoms with Crippen LogP contribution in [0.5, 0.6) is 0 Å². The van der Waals surface area contributed by atoms with Crippen LogP contribution in [0, 0.1) is 11.7 Å². The van der Waals surface area contributed by atoms with Crippen molar-refractivity contribution in [2.45, 2.75) is 32.1 Å². The van der Waals surface area contributed by atoms with Gasteiger partial charge < -0.3 is 0 Å². The molecule has 2 unspecified atom stereocenters. The molecule has 84 valence electrons. The van der Waals surface area contributed by atoms with E-state index in [-0.39, 0.29) is 23.0 Å². The van der Waals surface area contributed by atoms with Crippen LogP contribution in [0.25, 0.3) is 0 Å². The zero-order valence-electron chi connectivity index (χ0n) is 8.97. The Morgan fingerprint density at radius 2 is 1.93 bits per heavy atom. The summed E-state index contributed by atoms with van der Waals surface area (Å²) < 4.78 is 13.6. The van der Waals surface area contributed by atoms with Crippen LogP contribution in [0.3, 0.4) is 0 Å². The molecule has 0 aliphatic heterocycles. The van der Waals surface area contributed by atoms with E-state index in [0.29, 0.717) is 10.7 Å².